The molecule has 0 heterocycles. The van der Waals surface area contributed by atoms with Crippen molar-refractivity contribution in [3.63, 3.8) is 0 Å². The average Bonchev–Trinajstić information content (AvgIpc) is 2.76. The number of hydrogen-bond donors (Lipinski definition) is 3. The number of carboxylic acid groups (broad SMARTS) is 1. The van der Waals surface area contributed by atoms with E-state index in [-0.39, 0.29) is 12.1 Å². The molecule has 2 amide bonds. The van der Waals surface area contributed by atoms with Gasteiger partial charge < -0.3 is 15.7 Å². The standard InChI is InChI=1S/C13H24N2O3S/c1-3-5-11(12(16)17)15-13(18)14-9-6-7-10(8-9)19-4-2/h9-11H,3-8H2,1-2H3,(H,16,17)(H2,14,15,18)/t9?,10?,11-/m0/s1. The van der Waals surface area contributed by atoms with Crippen LogP contribution in [0.1, 0.15) is 46.0 Å². The number of hydrogen-bond acceptors (Lipinski definition) is 3. The van der Waals surface area contributed by atoms with Crippen LogP contribution in [0, 0.1) is 0 Å². The molecule has 2 unspecified atom stereocenters. The van der Waals surface area contributed by atoms with Gasteiger partial charge in [0.25, 0.3) is 0 Å². The first kappa shape index (κ1) is 16.1. The molecular formula is C13H24N2O3S. The number of carbonyl (C=O) groups is 2. The number of rotatable bonds is 7. The zero-order valence-corrected chi connectivity index (χ0v) is 12.5. The lowest BCUT2D eigenvalue weighted by molar-refractivity contribution is -0.139. The minimum absolute atomic E-state index is 0.181. The zero-order valence-electron chi connectivity index (χ0n) is 11.6. The van der Waals surface area contributed by atoms with Crippen LogP contribution in [0.15, 0.2) is 0 Å². The lowest BCUT2D eigenvalue weighted by atomic mass is 10.2. The summed E-state index contributed by atoms with van der Waals surface area (Å²) >= 11 is 1.93. The highest BCUT2D eigenvalue weighted by molar-refractivity contribution is 7.99. The summed E-state index contributed by atoms with van der Waals surface area (Å²) in [4.78, 5) is 22.7. The first-order valence-corrected chi connectivity index (χ1v) is 8.03. The molecule has 1 rings (SSSR count). The molecule has 1 fully saturated rings. The van der Waals surface area contributed by atoms with Crippen LogP contribution in [0.25, 0.3) is 0 Å². The van der Waals surface area contributed by atoms with Gasteiger partial charge in [0.05, 0.1) is 0 Å². The molecule has 0 spiro atoms. The van der Waals surface area contributed by atoms with Crippen LogP contribution in [0.3, 0.4) is 0 Å². The van der Waals surface area contributed by atoms with Gasteiger partial charge in [-0.05, 0) is 31.4 Å². The SMILES string of the molecule is CCC[C@H](NC(=O)NC1CCC(SCC)C1)C(=O)O. The molecule has 0 aromatic heterocycles. The Balaban J connectivity index is 2.32. The molecule has 19 heavy (non-hydrogen) atoms. The van der Waals surface area contributed by atoms with E-state index in [1.807, 2.05) is 18.7 Å². The van der Waals surface area contributed by atoms with Gasteiger partial charge in [-0.1, -0.05) is 20.3 Å². The molecule has 0 radical (unpaired) electrons. The summed E-state index contributed by atoms with van der Waals surface area (Å²) in [5.74, 6) is 0.129. The highest BCUT2D eigenvalue weighted by atomic mass is 32.2. The Morgan fingerprint density at radius 1 is 1.37 bits per heavy atom. The van der Waals surface area contributed by atoms with Crippen molar-refractivity contribution in [2.24, 2.45) is 0 Å². The first-order chi connectivity index (χ1) is 9.06. The van der Waals surface area contributed by atoms with Crippen molar-refractivity contribution in [3.05, 3.63) is 0 Å². The Hall–Kier alpha value is -0.910. The Labute approximate surface area is 118 Å². The van der Waals surface area contributed by atoms with Gasteiger partial charge in [-0.15, -0.1) is 0 Å². The quantitative estimate of drug-likeness (QED) is 0.671. The second-order valence-corrected chi connectivity index (χ2v) is 6.46. The van der Waals surface area contributed by atoms with E-state index in [0.717, 1.165) is 31.4 Å². The molecule has 0 saturated heterocycles. The van der Waals surface area contributed by atoms with Gasteiger partial charge in [0.1, 0.15) is 6.04 Å². The maximum atomic E-state index is 11.8. The summed E-state index contributed by atoms with van der Waals surface area (Å²) in [5, 5.41) is 15.0. The minimum atomic E-state index is -0.970. The third-order valence-electron chi connectivity index (χ3n) is 3.30. The van der Waals surface area contributed by atoms with Gasteiger partial charge in [-0.2, -0.15) is 11.8 Å². The maximum absolute atomic E-state index is 11.8. The number of carboxylic acids is 1. The van der Waals surface area contributed by atoms with Crippen LogP contribution < -0.4 is 10.6 Å². The van der Waals surface area contributed by atoms with Crippen molar-refractivity contribution < 1.29 is 14.7 Å². The third kappa shape index (κ3) is 5.72. The van der Waals surface area contributed by atoms with E-state index < -0.39 is 12.0 Å². The van der Waals surface area contributed by atoms with E-state index in [2.05, 4.69) is 17.6 Å². The summed E-state index contributed by atoms with van der Waals surface area (Å²) in [6.07, 6.45) is 4.28. The van der Waals surface area contributed by atoms with Crippen LogP contribution in [0.2, 0.25) is 0 Å². The smallest absolute Gasteiger partial charge is 0.326 e. The number of aliphatic carboxylic acids is 1. The van der Waals surface area contributed by atoms with Gasteiger partial charge in [0, 0.05) is 11.3 Å². The molecule has 1 saturated carbocycles. The Morgan fingerprint density at radius 2 is 2.11 bits per heavy atom. The fourth-order valence-corrected chi connectivity index (χ4v) is 3.53. The zero-order chi connectivity index (χ0) is 14.3. The van der Waals surface area contributed by atoms with Gasteiger partial charge in [-0.25, -0.2) is 9.59 Å². The van der Waals surface area contributed by atoms with Crippen molar-refractivity contribution in [2.75, 3.05) is 5.75 Å². The molecule has 3 N–H and O–H groups in total. The molecule has 0 aliphatic heterocycles. The van der Waals surface area contributed by atoms with Gasteiger partial charge in [-0.3, -0.25) is 0 Å². The Bertz CT molecular complexity index is 312. The maximum Gasteiger partial charge on any atom is 0.326 e. The van der Waals surface area contributed by atoms with Crippen LogP contribution >= 0.6 is 11.8 Å². The number of amides is 2. The number of thioether (sulfide) groups is 1. The van der Waals surface area contributed by atoms with Crippen LogP contribution in [0.4, 0.5) is 4.79 Å². The lowest BCUT2D eigenvalue weighted by Gasteiger charge is -2.17. The number of urea groups is 1. The summed E-state index contributed by atoms with van der Waals surface area (Å²) in [6, 6.07) is -0.958. The van der Waals surface area contributed by atoms with E-state index in [1.165, 1.54) is 0 Å². The molecule has 110 valence electrons. The Morgan fingerprint density at radius 3 is 2.68 bits per heavy atom. The highest BCUT2D eigenvalue weighted by Crippen LogP contribution is 2.29. The number of nitrogens with one attached hydrogen (secondary N) is 2. The predicted molar refractivity (Wildman–Crippen MR) is 77.6 cm³/mol. The molecule has 0 bridgehead atoms. The van der Waals surface area contributed by atoms with Gasteiger partial charge >= 0.3 is 12.0 Å². The monoisotopic (exact) mass is 288 g/mol. The first-order valence-electron chi connectivity index (χ1n) is 6.98. The lowest BCUT2D eigenvalue weighted by Crippen LogP contribution is -2.48. The van der Waals surface area contributed by atoms with Crippen LogP contribution in [-0.4, -0.2) is 40.2 Å². The molecule has 1 aliphatic rings. The molecule has 6 heteroatoms. The molecule has 3 atom stereocenters. The molecule has 5 nitrogen and oxygen atoms in total. The van der Waals surface area contributed by atoms with E-state index in [0.29, 0.717) is 11.7 Å². The Kier molecular flexibility index (Phi) is 7.05. The van der Waals surface area contributed by atoms with Gasteiger partial charge in [0.15, 0.2) is 0 Å². The van der Waals surface area contributed by atoms with E-state index in [4.69, 9.17) is 5.11 Å². The fourth-order valence-electron chi connectivity index (χ4n) is 2.39. The predicted octanol–water partition coefficient (Wildman–Crippen LogP) is 2.21. The van der Waals surface area contributed by atoms with E-state index >= 15 is 0 Å². The summed E-state index contributed by atoms with van der Waals surface area (Å²) in [5.41, 5.74) is 0. The van der Waals surface area contributed by atoms with Crippen LogP contribution in [-0.2, 0) is 4.79 Å². The van der Waals surface area contributed by atoms with E-state index in [9.17, 15) is 9.59 Å². The molecular weight excluding hydrogens is 264 g/mol. The normalized spacial score (nSPS) is 23.9. The van der Waals surface area contributed by atoms with Crippen LogP contribution in [0.5, 0.6) is 0 Å². The van der Waals surface area contributed by atoms with Crippen molar-refractivity contribution in [2.45, 2.75) is 63.3 Å². The topological polar surface area (TPSA) is 78.4 Å². The molecule has 0 aromatic carbocycles. The summed E-state index contributed by atoms with van der Waals surface area (Å²) < 4.78 is 0. The minimum Gasteiger partial charge on any atom is -0.480 e. The summed E-state index contributed by atoms with van der Waals surface area (Å²) in [6.45, 7) is 4.04. The van der Waals surface area contributed by atoms with Crippen molar-refractivity contribution in [1.29, 1.82) is 0 Å². The summed E-state index contributed by atoms with van der Waals surface area (Å²) in [7, 11) is 0. The van der Waals surface area contributed by atoms with Crippen molar-refractivity contribution in [1.82, 2.24) is 10.6 Å². The largest absolute Gasteiger partial charge is 0.480 e. The fraction of sp³-hybridized carbons (Fsp3) is 0.846. The molecule has 1 aliphatic carbocycles. The van der Waals surface area contributed by atoms with Crippen molar-refractivity contribution in [3.8, 4) is 0 Å². The average molecular weight is 288 g/mol. The second-order valence-electron chi connectivity index (χ2n) is 4.88. The van der Waals surface area contributed by atoms with E-state index in [1.54, 1.807) is 0 Å². The molecule has 0 aromatic rings. The van der Waals surface area contributed by atoms with Gasteiger partial charge in [0.2, 0.25) is 0 Å². The van der Waals surface area contributed by atoms with Crippen molar-refractivity contribution >= 4 is 23.8 Å². The highest BCUT2D eigenvalue weighted by Gasteiger charge is 2.27. The second kappa shape index (κ2) is 8.30. The third-order valence-corrected chi connectivity index (χ3v) is 4.54. The number of carbonyl (C=O) groups excluding carboxylic acids is 1.